The zero-order chi connectivity index (χ0) is 11.8. The van der Waals surface area contributed by atoms with Gasteiger partial charge in [-0.25, -0.2) is 0 Å². The van der Waals surface area contributed by atoms with Crippen LogP contribution in [0.3, 0.4) is 0 Å². The van der Waals surface area contributed by atoms with E-state index in [1.165, 1.54) is 0 Å². The van der Waals surface area contributed by atoms with E-state index in [-0.39, 0.29) is 6.10 Å². The zero-order valence-corrected chi connectivity index (χ0v) is 9.39. The van der Waals surface area contributed by atoms with Crippen molar-refractivity contribution in [1.82, 2.24) is 4.57 Å². The summed E-state index contributed by atoms with van der Waals surface area (Å²) in [6.07, 6.45) is 3.69. The molecule has 1 fully saturated rings. The molecule has 1 aromatic rings. The molecule has 0 radical (unpaired) electrons. The molecule has 1 heterocycles. The third-order valence-electron chi connectivity index (χ3n) is 3.65. The predicted octanol–water partition coefficient (Wildman–Crippen LogP) is 1.28. The molecule has 1 aliphatic carbocycles. The summed E-state index contributed by atoms with van der Waals surface area (Å²) in [5, 5.41) is 19.0. The van der Waals surface area contributed by atoms with Crippen LogP contribution in [0.25, 0.3) is 0 Å². The Morgan fingerprint density at radius 1 is 1.50 bits per heavy atom. The molecule has 0 atom stereocenters. The summed E-state index contributed by atoms with van der Waals surface area (Å²) in [6, 6.07) is 3.73. The van der Waals surface area contributed by atoms with Crippen molar-refractivity contribution in [3.8, 4) is 0 Å². The first-order chi connectivity index (χ1) is 7.56. The Bertz CT molecular complexity index is 389. The van der Waals surface area contributed by atoms with Crippen molar-refractivity contribution < 1.29 is 15.0 Å². The van der Waals surface area contributed by atoms with Crippen LogP contribution in [0.1, 0.15) is 31.4 Å². The van der Waals surface area contributed by atoms with E-state index in [1.54, 1.807) is 0 Å². The molecule has 4 nitrogen and oxygen atoms in total. The van der Waals surface area contributed by atoms with E-state index in [0.717, 1.165) is 5.69 Å². The lowest BCUT2D eigenvalue weighted by Crippen LogP contribution is -2.42. The lowest BCUT2D eigenvalue weighted by molar-refractivity contribution is -0.146. The molecule has 0 aliphatic heterocycles. The molecule has 0 amide bonds. The van der Waals surface area contributed by atoms with E-state index >= 15 is 0 Å². The quantitative estimate of drug-likeness (QED) is 0.794. The number of rotatable bonds is 2. The third-order valence-corrected chi connectivity index (χ3v) is 3.65. The van der Waals surface area contributed by atoms with E-state index in [2.05, 4.69) is 0 Å². The Hall–Kier alpha value is -1.29. The minimum atomic E-state index is -0.808. The first-order valence-electron chi connectivity index (χ1n) is 5.59. The summed E-state index contributed by atoms with van der Waals surface area (Å²) < 4.78 is 1.87. The fourth-order valence-electron chi connectivity index (χ4n) is 2.63. The predicted molar refractivity (Wildman–Crippen MR) is 59.2 cm³/mol. The van der Waals surface area contributed by atoms with Gasteiger partial charge in [-0.1, -0.05) is 0 Å². The van der Waals surface area contributed by atoms with Gasteiger partial charge in [0.1, 0.15) is 5.41 Å². The zero-order valence-electron chi connectivity index (χ0n) is 9.39. The topological polar surface area (TPSA) is 62.5 Å². The second-order valence-corrected chi connectivity index (χ2v) is 4.62. The number of hydrogen-bond acceptors (Lipinski definition) is 2. The van der Waals surface area contributed by atoms with Crippen LogP contribution >= 0.6 is 0 Å². The molecule has 1 aromatic heterocycles. The Morgan fingerprint density at radius 3 is 2.56 bits per heavy atom. The fraction of sp³-hybridized carbons (Fsp3) is 0.583. The van der Waals surface area contributed by atoms with Gasteiger partial charge in [0.2, 0.25) is 0 Å². The van der Waals surface area contributed by atoms with Crippen molar-refractivity contribution >= 4 is 5.97 Å². The van der Waals surface area contributed by atoms with Gasteiger partial charge >= 0.3 is 5.97 Å². The van der Waals surface area contributed by atoms with Crippen LogP contribution in [0, 0.1) is 0 Å². The molecule has 4 heteroatoms. The van der Waals surface area contributed by atoms with Crippen molar-refractivity contribution in [3.63, 3.8) is 0 Å². The monoisotopic (exact) mass is 223 g/mol. The lowest BCUT2D eigenvalue weighted by atomic mass is 9.71. The van der Waals surface area contributed by atoms with Crippen LogP contribution in [0.2, 0.25) is 0 Å². The van der Waals surface area contributed by atoms with Crippen LogP contribution in [0.5, 0.6) is 0 Å². The van der Waals surface area contributed by atoms with Gasteiger partial charge in [0.25, 0.3) is 0 Å². The number of carbonyl (C=O) groups is 1. The number of aliphatic hydroxyl groups is 1. The molecular weight excluding hydrogens is 206 g/mol. The van der Waals surface area contributed by atoms with Gasteiger partial charge in [-0.2, -0.15) is 0 Å². The summed E-state index contributed by atoms with van der Waals surface area (Å²) >= 11 is 0. The summed E-state index contributed by atoms with van der Waals surface area (Å²) in [5.74, 6) is -0.777. The lowest BCUT2D eigenvalue weighted by Gasteiger charge is -2.35. The Kier molecular flexibility index (Phi) is 2.76. The third kappa shape index (κ3) is 1.63. The maximum absolute atomic E-state index is 11.5. The van der Waals surface area contributed by atoms with Crippen molar-refractivity contribution in [2.75, 3.05) is 0 Å². The molecule has 2 rings (SSSR count). The Labute approximate surface area is 94.5 Å². The average Bonchev–Trinajstić information content (AvgIpc) is 2.66. The molecule has 1 saturated carbocycles. The first-order valence-corrected chi connectivity index (χ1v) is 5.59. The highest BCUT2D eigenvalue weighted by molar-refractivity contribution is 5.81. The van der Waals surface area contributed by atoms with Gasteiger partial charge in [0.05, 0.1) is 6.10 Å². The molecular formula is C12H17NO3. The second kappa shape index (κ2) is 3.94. The van der Waals surface area contributed by atoms with Crippen LogP contribution < -0.4 is 0 Å². The van der Waals surface area contributed by atoms with Crippen LogP contribution in [-0.4, -0.2) is 26.9 Å². The van der Waals surface area contributed by atoms with Gasteiger partial charge in [-0.15, -0.1) is 0 Å². The Morgan fingerprint density at radius 2 is 2.12 bits per heavy atom. The SMILES string of the molecule is Cn1cccc1C1(C(=O)O)CCC(O)CC1. The number of aliphatic carboxylic acids is 1. The molecule has 1 aliphatic rings. The molecule has 88 valence electrons. The minimum absolute atomic E-state index is 0.340. The molecule has 0 bridgehead atoms. The van der Waals surface area contributed by atoms with E-state index in [4.69, 9.17) is 0 Å². The smallest absolute Gasteiger partial charge is 0.315 e. The molecule has 16 heavy (non-hydrogen) atoms. The number of carboxylic acid groups (broad SMARTS) is 1. The largest absolute Gasteiger partial charge is 0.481 e. The van der Waals surface area contributed by atoms with E-state index in [0.29, 0.717) is 25.7 Å². The molecule has 0 saturated heterocycles. The summed E-state index contributed by atoms with van der Waals surface area (Å²) in [7, 11) is 1.87. The summed E-state index contributed by atoms with van der Waals surface area (Å²) in [6.45, 7) is 0. The van der Waals surface area contributed by atoms with Gasteiger partial charge in [0.15, 0.2) is 0 Å². The summed E-state index contributed by atoms with van der Waals surface area (Å²) in [5.41, 5.74) is 0.0317. The van der Waals surface area contributed by atoms with E-state index in [9.17, 15) is 15.0 Å². The normalized spacial score (nSPS) is 30.2. The summed E-state index contributed by atoms with van der Waals surface area (Å²) in [4.78, 5) is 11.5. The number of aryl methyl sites for hydroxylation is 1. The van der Waals surface area contributed by atoms with E-state index < -0.39 is 11.4 Å². The van der Waals surface area contributed by atoms with Gasteiger partial charge < -0.3 is 14.8 Å². The highest BCUT2D eigenvalue weighted by atomic mass is 16.4. The average molecular weight is 223 g/mol. The maximum atomic E-state index is 11.5. The number of hydrogen-bond donors (Lipinski definition) is 2. The first kappa shape index (κ1) is 11.2. The highest BCUT2D eigenvalue weighted by Crippen LogP contribution is 2.39. The molecule has 0 spiro atoms. The second-order valence-electron chi connectivity index (χ2n) is 4.62. The minimum Gasteiger partial charge on any atom is -0.481 e. The van der Waals surface area contributed by atoms with Crippen molar-refractivity contribution in [2.24, 2.45) is 7.05 Å². The molecule has 2 N–H and O–H groups in total. The number of carboxylic acids is 1. The number of aromatic nitrogens is 1. The molecule has 0 aromatic carbocycles. The number of aliphatic hydroxyl groups excluding tert-OH is 1. The van der Waals surface area contributed by atoms with Gasteiger partial charge in [0, 0.05) is 18.9 Å². The van der Waals surface area contributed by atoms with Crippen molar-refractivity contribution in [2.45, 2.75) is 37.2 Å². The Balaban J connectivity index is 2.37. The highest BCUT2D eigenvalue weighted by Gasteiger charge is 2.44. The van der Waals surface area contributed by atoms with Crippen LogP contribution in [0.4, 0.5) is 0 Å². The van der Waals surface area contributed by atoms with Gasteiger partial charge in [-0.05, 0) is 37.8 Å². The molecule has 0 unspecified atom stereocenters. The van der Waals surface area contributed by atoms with Crippen LogP contribution in [0.15, 0.2) is 18.3 Å². The van der Waals surface area contributed by atoms with Gasteiger partial charge in [-0.3, -0.25) is 4.79 Å². The van der Waals surface area contributed by atoms with Crippen LogP contribution in [-0.2, 0) is 17.3 Å². The number of nitrogens with zero attached hydrogens (tertiary/aromatic N) is 1. The van der Waals surface area contributed by atoms with Crippen molar-refractivity contribution in [3.05, 3.63) is 24.0 Å². The fourth-order valence-corrected chi connectivity index (χ4v) is 2.63. The van der Waals surface area contributed by atoms with E-state index in [1.807, 2.05) is 29.9 Å². The maximum Gasteiger partial charge on any atom is 0.315 e. The standard InChI is InChI=1S/C12H17NO3/c1-13-8-2-3-10(13)12(11(15)16)6-4-9(14)5-7-12/h2-3,8-9,14H,4-7H2,1H3,(H,15,16). The van der Waals surface area contributed by atoms with Crippen molar-refractivity contribution in [1.29, 1.82) is 0 Å².